The lowest BCUT2D eigenvalue weighted by Crippen LogP contribution is -2.50. The molecule has 6 atom stereocenters. The number of nitrogens with zero attached hydrogens (tertiary/aromatic N) is 2. The number of ketones is 1. The van der Waals surface area contributed by atoms with Crippen LogP contribution in [0.4, 0.5) is 0 Å². The van der Waals surface area contributed by atoms with Crippen molar-refractivity contribution in [1.29, 1.82) is 0 Å². The topological polar surface area (TPSA) is 34.9 Å². The second kappa shape index (κ2) is 5.31. The minimum Gasteiger partial charge on any atom is -0.334 e. The van der Waals surface area contributed by atoms with Crippen LogP contribution in [0.2, 0.25) is 0 Å². The second-order valence-electron chi connectivity index (χ2n) is 9.62. The first kappa shape index (κ1) is 15.8. The molecule has 1 aromatic rings. The van der Waals surface area contributed by atoms with Gasteiger partial charge in [-0.05, 0) is 79.6 Å². The number of rotatable bonds is 1. The van der Waals surface area contributed by atoms with Crippen LogP contribution in [0.25, 0.3) is 0 Å². The zero-order valence-corrected chi connectivity index (χ0v) is 15.6. The molecule has 1 heterocycles. The van der Waals surface area contributed by atoms with Gasteiger partial charge in [-0.2, -0.15) is 0 Å². The van der Waals surface area contributed by atoms with Crippen LogP contribution in [0, 0.1) is 28.6 Å². The molecule has 3 saturated carbocycles. The maximum absolute atomic E-state index is 11.9. The predicted octanol–water partition coefficient (Wildman–Crippen LogP) is 4.96. The molecule has 0 saturated heterocycles. The van der Waals surface area contributed by atoms with Gasteiger partial charge in [-0.1, -0.05) is 19.4 Å². The monoisotopic (exact) mass is 338 g/mol. The van der Waals surface area contributed by atoms with Gasteiger partial charge in [-0.15, -0.1) is 0 Å². The summed E-state index contributed by atoms with van der Waals surface area (Å²) in [6, 6.07) is 0.624. The van der Waals surface area contributed by atoms with E-state index in [1.165, 1.54) is 37.7 Å². The van der Waals surface area contributed by atoms with E-state index >= 15 is 0 Å². The Bertz CT molecular complexity index is 720. The summed E-state index contributed by atoms with van der Waals surface area (Å²) in [5.74, 6) is 2.85. The third-order valence-electron chi connectivity index (χ3n) is 8.80. The molecule has 1 unspecified atom stereocenters. The average Bonchev–Trinajstić information content (AvgIpc) is 3.22. The maximum atomic E-state index is 11.9. The highest BCUT2D eigenvalue weighted by Gasteiger charge is 2.59. The second-order valence-corrected chi connectivity index (χ2v) is 9.62. The summed E-state index contributed by atoms with van der Waals surface area (Å²) in [5.41, 5.74) is 2.20. The van der Waals surface area contributed by atoms with E-state index in [0.29, 0.717) is 22.7 Å². The third kappa shape index (κ3) is 2.10. The highest BCUT2D eigenvalue weighted by molar-refractivity contribution is 5.91. The first-order chi connectivity index (χ1) is 12.0. The quantitative estimate of drug-likeness (QED) is 0.725. The fraction of sp³-hybridized carbons (Fsp3) is 0.727. The molecule has 3 nitrogen and oxygen atoms in total. The Balaban J connectivity index is 1.48. The van der Waals surface area contributed by atoms with Crippen LogP contribution >= 0.6 is 0 Å². The number of carbonyl (C=O) groups excluding carboxylic acids is 1. The lowest BCUT2D eigenvalue weighted by Gasteiger charge is -2.58. The van der Waals surface area contributed by atoms with Gasteiger partial charge in [0.15, 0.2) is 5.78 Å². The van der Waals surface area contributed by atoms with Crippen molar-refractivity contribution in [3.05, 3.63) is 30.4 Å². The van der Waals surface area contributed by atoms with Crippen molar-refractivity contribution < 1.29 is 4.79 Å². The maximum Gasteiger partial charge on any atom is 0.155 e. The number of carbonyl (C=O) groups is 1. The fourth-order valence-electron chi connectivity index (χ4n) is 7.48. The molecule has 0 bridgehead atoms. The lowest BCUT2D eigenvalue weighted by atomic mass is 9.47. The predicted molar refractivity (Wildman–Crippen MR) is 98.0 cm³/mol. The van der Waals surface area contributed by atoms with Crippen molar-refractivity contribution in [1.82, 2.24) is 9.55 Å². The molecule has 0 aliphatic heterocycles. The van der Waals surface area contributed by atoms with Crippen LogP contribution in [0.3, 0.4) is 0 Å². The summed E-state index contributed by atoms with van der Waals surface area (Å²) in [6.45, 7) is 5.04. The van der Waals surface area contributed by atoms with Crippen LogP contribution in [-0.2, 0) is 4.79 Å². The molecule has 4 aliphatic carbocycles. The highest BCUT2D eigenvalue weighted by Crippen LogP contribution is 2.67. The number of aromatic nitrogens is 2. The molecular weight excluding hydrogens is 308 g/mol. The molecule has 0 spiro atoms. The van der Waals surface area contributed by atoms with Gasteiger partial charge in [0.2, 0.25) is 0 Å². The van der Waals surface area contributed by atoms with E-state index < -0.39 is 0 Å². The van der Waals surface area contributed by atoms with Crippen molar-refractivity contribution in [3.8, 4) is 0 Å². The minimum atomic E-state index is 0.297. The van der Waals surface area contributed by atoms with E-state index in [4.69, 9.17) is 0 Å². The Morgan fingerprint density at radius 2 is 1.96 bits per heavy atom. The van der Waals surface area contributed by atoms with Crippen LogP contribution in [0.5, 0.6) is 0 Å². The average molecular weight is 338 g/mol. The summed E-state index contributed by atoms with van der Waals surface area (Å²) < 4.78 is 2.38. The Morgan fingerprint density at radius 1 is 1.08 bits per heavy atom. The van der Waals surface area contributed by atoms with Crippen molar-refractivity contribution in [2.24, 2.45) is 28.6 Å². The largest absolute Gasteiger partial charge is 0.334 e. The molecule has 1 aromatic heterocycles. The van der Waals surface area contributed by atoms with Crippen molar-refractivity contribution >= 4 is 5.78 Å². The van der Waals surface area contributed by atoms with Gasteiger partial charge in [0.05, 0.1) is 6.33 Å². The van der Waals surface area contributed by atoms with Gasteiger partial charge >= 0.3 is 0 Å². The van der Waals surface area contributed by atoms with Crippen LogP contribution in [0.15, 0.2) is 30.4 Å². The number of fused-ring (bicyclic) bond motifs is 5. The van der Waals surface area contributed by atoms with Crippen LogP contribution in [-0.4, -0.2) is 15.3 Å². The molecule has 0 amide bonds. The van der Waals surface area contributed by atoms with Crippen molar-refractivity contribution in [3.63, 3.8) is 0 Å². The Kier molecular flexibility index (Phi) is 3.37. The van der Waals surface area contributed by atoms with Gasteiger partial charge in [-0.25, -0.2) is 4.98 Å². The standard InChI is InChI=1S/C22H30N2O/c1-21-9-7-16(25)13-15(21)3-4-17-18-5-6-20(24-12-11-23-14-24)22(18,2)10-8-19(17)21/h11-14,17-20H,3-10H2,1-2H3/t17-,18-,19+,20?,21-,22-/m0/s1. The Labute approximate surface area is 150 Å². The first-order valence-electron chi connectivity index (χ1n) is 10.2. The minimum absolute atomic E-state index is 0.297. The number of allylic oxidation sites excluding steroid dienone is 1. The summed E-state index contributed by atoms with van der Waals surface area (Å²) in [5, 5.41) is 0. The summed E-state index contributed by atoms with van der Waals surface area (Å²) in [6.07, 6.45) is 17.8. The zero-order chi connectivity index (χ0) is 17.2. The Morgan fingerprint density at radius 3 is 2.76 bits per heavy atom. The van der Waals surface area contributed by atoms with E-state index in [0.717, 1.165) is 37.0 Å². The molecule has 3 fully saturated rings. The van der Waals surface area contributed by atoms with Gasteiger partial charge < -0.3 is 4.57 Å². The smallest absolute Gasteiger partial charge is 0.155 e. The molecular formula is C22H30N2O. The molecule has 0 aromatic carbocycles. The lowest BCUT2D eigenvalue weighted by molar-refractivity contribution is -0.117. The number of hydrogen-bond donors (Lipinski definition) is 0. The van der Waals surface area contributed by atoms with E-state index in [2.05, 4.69) is 29.6 Å². The number of imidazole rings is 1. The van der Waals surface area contributed by atoms with E-state index in [-0.39, 0.29) is 0 Å². The van der Waals surface area contributed by atoms with E-state index in [9.17, 15) is 4.79 Å². The van der Waals surface area contributed by atoms with Crippen LogP contribution in [0.1, 0.15) is 71.3 Å². The Hall–Kier alpha value is -1.38. The molecule has 0 N–H and O–H groups in total. The summed E-state index contributed by atoms with van der Waals surface area (Å²) >= 11 is 0. The molecule has 0 radical (unpaired) electrons. The van der Waals surface area contributed by atoms with Gasteiger partial charge in [0.1, 0.15) is 0 Å². The molecule has 4 aliphatic rings. The van der Waals surface area contributed by atoms with Crippen LogP contribution < -0.4 is 0 Å². The van der Waals surface area contributed by atoms with Crippen molar-refractivity contribution in [2.45, 2.75) is 71.3 Å². The number of hydrogen-bond acceptors (Lipinski definition) is 2. The molecule has 134 valence electrons. The van der Waals surface area contributed by atoms with E-state index in [1.54, 1.807) is 0 Å². The molecule has 3 heteroatoms. The summed E-state index contributed by atoms with van der Waals surface area (Å²) in [7, 11) is 0. The van der Waals surface area contributed by atoms with Gasteiger partial charge in [0, 0.05) is 24.9 Å². The normalized spacial score (nSPS) is 46.2. The first-order valence-corrected chi connectivity index (χ1v) is 10.2. The summed E-state index contributed by atoms with van der Waals surface area (Å²) in [4.78, 5) is 16.3. The van der Waals surface area contributed by atoms with Crippen molar-refractivity contribution in [2.75, 3.05) is 0 Å². The van der Waals surface area contributed by atoms with Gasteiger partial charge in [-0.3, -0.25) is 4.79 Å². The SMILES string of the molecule is C[C@]12CCC(=O)C=C1CC[C@@H]1[C@H]2CC[C@]2(C)C(n3ccnc3)CC[C@@H]12. The van der Waals surface area contributed by atoms with E-state index in [1.807, 2.05) is 18.6 Å². The third-order valence-corrected chi connectivity index (χ3v) is 8.80. The highest BCUT2D eigenvalue weighted by atomic mass is 16.1. The molecule has 5 rings (SSSR count). The fourth-order valence-corrected chi connectivity index (χ4v) is 7.48. The van der Waals surface area contributed by atoms with Gasteiger partial charge in [0.25, 0.3) is 0 Å². The molecule has 25 heavy (non-hydrogen) atoms. The zero-order valence-electron chi connectivity index (χ0n) is 15.6.